The number of nitrogens with zero attached hydrogens (tertiary/aromatic N) is 1. The number of fused-ring (bicyclic) bond motifs is 5. The van der Waals surface area contributed by atoms with Gasteiger partial charge in [-0.1, -0.05) is 66.3 Å². The normalized spacial score (nSPS) is 21.7. The summed E-state index contributed by atoms with van der Waals surface area (Å²) in [7, 11) is 0. The fraction of sp³-hybridized carbons (Fsp3) is 0.370. The van der Waals surface area contributed by atoms with E-state index in [1.165, 1.54) is 27.8 Å². The minimum absolute atomic E-state index is 0.119. The van der Waals surface area contributed by atoms with Gasteiger partial charge in [-0.25, -0.2) is 4.79 Å². The summed E-state index contributed by atoms with van der Waals surface area (Å²) in [4.78, 5) is 15.1. The Bertz CT molecular complexity index is 946. The molecule has 2 aromatic rings. The van der Waals surface area contributed by atoms with Crippen LogP contribution in [0.25, 0.3) is 11.1 Å². The summed E-state index contributed by atoms with van der Waals surface area (Å²) >= 11 is 0. The van der Waals surface area contributed by atoms with Gasteiger partial charge in [0.15, 0.2) is 0 Å². The number of carbonyl (C=O) groups excluding carboxylic acids is 1. The Kier molecular flexibility index (Phi) is 5.20. The first kappa shape index (κ1) is 19.2. The number of rotatable bonds is 6. The van der Waals surface area contributed by atoms with Crippen molar-refractivity contribution < 1.29 is 9.53 Å². The molecule has 1 saturated heterocycles. The Hall–Kier alpha value is -2.81. The van der Waals surface area contributed by atoms with Crippen LogP contribution in [0.1, 0.15) is 55.6 Å². The first-order chi connectivity index (χ1) is 14.8. The van der Waals surface area contributed by atoms with Gasteiger partial charge in [-0.3, -0.25) is 4.90 Å². The molecule has 1 amide bonds. The lowest BCUT2D eigenvalue weighted by molar-refractivity contribution is 0.0848. The average molecular weight is 400 g/mol. The number of allylic oxidation sites excluding steroid dienone is 1. The van der Waals surface area contributed by atoms with Gasteiger partial charge in [-0.15, -0.1) is 6.58 Å². The predicted octanol–water partition coefficient (Wildman–Crippen LogP) is 6.45. The molecule has 3 nitrogen and oxygen atoms in total. The third kappa shape index (κ3) is 3.36. The topological polar surface area (TPSA) is 29.5 Å². The zero-order chi connectivity index (χ0) is 20.5. The van der Waals surface area contributed by atoms with Crippen molar-refractivity contribution in [3.8, 4) is 11.1 Å². The van der Waals surface area contributed by atoms with Gasteiger partial charge in [0.25, 0.3) is 0 Å². The van der Waals surface area contributed by atoms with Gasteiger partial charge in [-0.2, -0.15) is 0 Å². The molecule has 2 atom stereocenters. The maximum Gasteiger partial charge on any atom is 0.410 e. The lowest BCUT2D eigenvalue weighted by Gasteiger charge is -2.33. The van der Waals surface area contributed by atoms with Gasteiger partial charge in [0.1, 0.15) is 6.61 Å². The highest BCUT2D eigenvalue weighted by Gasteiger charge is 2.40. The number of hydrogen-bond acceptors (Lipinski definition) is 2. The molecular formula is C27H29NO2. The highest BCUT2D eigenvalue weighted by Crippen LogP contribution is 2.45. The Morgan fingerprint density at radius 2 is 1.77 bits per heavy atom. The quantitative estimate of drug-likeness (QED) is 0.412. The highest BCUT2D eigenvalue weighted by molar-refractivity contribution is 5.79. The number of unbranched alkanes of at least 4 members (excludes halogenated alkanes) is 1. The molecule has 154 valence electrons. The van der Waals surface area contributed by atoms with Crippen LogP contribution in [0.4, 0.5) is 4.79 Å². The number of benzene rings is 2. The van der Waals surface area contributed by atoms with Gasteiger partial charge < -0.3 is 4.74 Å². The maximum atomic E-state index is 13.1. The van der Waals surface area contributed by atoms with Crippen LogP contribution in [0.3, 0.4) is 0 Å². The van der Waals surface area contributed by atoms with Crippen molar-refractivity contribution in [1.82, 2.24) is 4.90 Å². The minimum atomic E-state index is -0.147. The molecule has 2 aromatic carbocycles. The van der Waals surface area contributed by atoms with Crippen LogP contribution in [-0.2, 0) is 4.74 Å². The smallest absolute Gasteiger partial charge is 0.410 e. The van der Waals surface area contributed by atoms with Crippen molar-refractivity contribution in [3.05, 3.63) is 84.0 Å². The molecule has 0 spiro atoms. The Morgan fingerprint density at radius 1 is 1.07 bits per heavy atom. The van der Waals surface area contributed by atoms with Gasteiger partial charge in [0.05, 0.1) is 6.04 Å². The fourth-order valence-electron chi connectivity index (χ4n) is 5.53. The molecule has 3 aliphatic rings. The molecule has 30 heavy (non-hydrogen) atoms. The molecule has 0 aromatic heterocycles. The zero-order valence-electron chi connectivity index (χ0n) is 17.4. The van der Waals surface area contributed by atoms with Crippen LogP contribution in [0.5, 0.6) is 0 Å². The van der Waals surface area contributed by atoms with Crippen LogP contribution < -0.4 is 0 Å². The van der Waals surface area contributed by atoms with E-state index >= 15 is 0 Å². The third-order valence-electron chi connectivity index (χ3n) is 6.93. The summed E-state index contributed by atoms with van der Waals surface area (Å²) in [5.41, 5.74) is 6.56. The lowest BCUT2D eigenvalue weighted by Crippen LogP contribution is -2.43. The van der Waals surface area contributed by atoms with Gasteiger partial charge in [0.2, 0.25) is 0 Å². The number of amides is 1. The lowest BCUT2D eigenvalue weighted by atomic mass is 9.97. The van der Waals surface area contributed by atoms with E-state index in [0.29, 0.717) is 12.6 Å². The molecule has 1 fully saturated rings. The van der Waals surface area contributed by atoms with E-state index in [2.05, 4.69) is 61.2 Å². The molecule has 0 N–H and O–H groups in total. The van der Waals surface area contributed by atoms with E-state index in [1.807, 2.05) is 11.0 Å². The molecule has 0 radical (unpaired) electrons. The maximum absolute atomic E-state index is 13.1. The molecule has 0 saturated carbocycles. The van der Waals surface area contributed by atoms with E-state index in [4.69, 9.17) is 4.74 Å². The predicted molar refractivity (Wildman–Crippen MR) is 120 cm³/mol. The van der Waals surface area contributed by atoms with Crippen LogP contribution in [0.15, 0.2) is 72.8 Å². The first-order valence-corrected chi connectivity index (χ1v) is 11.2. The van der Waals surface area contributed by atoms with E-state index in [-0.39, 0.29) is 18.1 Å². The van der Waals surface area contributed by atoms with Crippen LogP contribution >= 0.6 is 0 Å². The molecule has 2 unspecified atom stereocenters. The zero-order valence-corrected chi connectivity index (χ0v) is 17.4. The second-order valence-corrected chi connectivity index (χ2v) is 8.72. The molecule has 3 heteroatoms. The van der Waals surface area contributed by atoms with Gasteiger partial charge in [0, 0.05) is 12.0 Å². The summed E-state index contributed by atoms with van der Waals surface area (Å²) < 4.78 is 5.94. The first-order valence-electron chi connectivity index (χ1n) is 11.2. The summed E-state index contributed by atoms with van der Waals surface area (Å²) in [6, 6.07) is 17.5. The van der Waals surface area contributed by atoms with E-state index in [1.54, 1.807) is 0 Å². The highest BCUT2D eigenvalue weighted by atomic mass is 16.6. The van der Waals surface area contributed by atoms with Crippen molar-refractivity contribution in [2.75, 3.05) is 6.61 Å². The Labute approximate surface area is 179 Å². The molecule has 2 bridgehead atoms. The third-order valence-corrected chi connectivity index (χ3v) is 6.93. The monoisotopic (exact) mass is 399 g/mol. The molecule has 1 aliphatic carbocycles. The second-order valence-electron chi connectivity index (χ2n) is 8.72. The van der Waals surface area contributed by atoms with Crippen LogP contribution in [0.2, 0.25) is 0 Å². The van der Waals surface area contributed by atoms with E-state index in [9.17, 15) is 4.79 Å². The standard InChI is InChI=1S/C27H29NO2/c1-2-3-4-9-19-16-20-14-15-21(17-19)28(20)27(29)30-18-26-24-12-7-5-10-22(24)23-11-6-8-13-25(23)26/h2,5-8,10-13,16,20-21,26H,1,3-4,9,14-15,17-18H2. The minimum Gasteiger partial charge on any atom is -0.448 e. The van der Waals surface area contributed by atoms with E-state index in [0.717, 1.165) is 38.5 Å². The van der Waals surface area contributed by atoms with Crippen molar-refractivity contribution in [2.24, 2.45) is 0 Å². The Balaban J connectivity index is 1.28. The van der Waals surface area contributed by atoms with Crippen LogP contribution in [-0.4, -0.2) is 29.7 Å². The molecule has 5 rings (SSSR count). The van der Waals surface area contributed by atoms with E-state index < -0.39 is 0 Å². The number of ether oxygens (including phenoxy) is 1. The number of hydrogen-bond donors (Lipinski definition) is 0. The fourth-order valence-corrected chi connectivity index (χ4v) is 5.53. The van der Waals surface area contributed by atoms with Crippen molar-refractivity contribution in [1.29, 1.82) is 0 Å². The summed E-state index contributed by atoms with van der Waals surface area (Å²) in [6.45, 7) is 4.21. The van der Waals surface area contributed by atoms with Crippen LogP contribution in [0, 0.1) is 0 Å². The molecule has 2 aliphatic heterocycles. The largest absolute Gasteiger partial charge is 0.448 e. The summed E-state index contributed by atoms with van der Waals surface area (Å²) in [5.74, 6) is 0.119. The second kappa shape index (κ2) is 8.14. The molecular weight excluding hydrogens is 370 g/mol. The van der Waals surface area contributed by atoms with Crippen molar-refractivity contribution in [2.45, 2.75) is 56.5 Å². The van der Waals surface area contributed by atoms with Crippen molar-refractivity contribution in [3.63, 3.8) is 0 Å². The average Bonchev–Trinajstić information content (AvgIpc) is 3.24. The van der Waals surface area contributed by atoms with Gasteiger partial charge >= 0.3 is 6.09 Å². The number of carbonyl (C=O) groups is 1. The van der Waals surface area contributed by atoms with Crippen molar-refractivity contribution >= 4 is 6.09 Å². The Morgan fingerprint density at radius 3 is 2.43 bits per heavy atom. The SMILES string of the molecule is C=CCCCC1=CC2CCC(C1)N2C(=O)OCC1c2ccccc2-c2ccccc21. The summed E-state index contributed by atoms with van der Waals surface area (Å²) in [5, 5.41) is 0. The molecule has 2 heterocycles. The summed E-state index contributed by atoms with van der Waals surface area (Å²) in [6.07, 6.45) is 10.6. The van der Waals surface area contributed by atoms with Gasteiger partial charge in [-0.05, 0) is 60.8 Å².